The molecule has 0 aliphatic carbocycles. The maximum Gasteiger partial charge on any atom is 0.319 e. The highest BCUT2D eigenvalue weighted by atomic mass is 32.2. The number of hydrogen-bond donors (Lipinski definition) is 2. The van der Waals surface area contributed by atoms with Gasteiger partial charge >= 0.3 is 6.03 Å². The van der Waals surface area contributed by atoms with Crippen LogP contribution in [0.3, 0.4) is 0 Å². The van der Waals surface area contributed by atoms with Gasteiger partial charge in [0.2, 0.25) is 0 Å². The SMILES string of the molecule is CSc1cc2c(cc1NC(=O)N[C@@H](C)[C@H]1CCCO1)OCCO2. The summed E-state index contributed by atoms with van der Waals surface area (Å²) in [6.45, 7) is 3.81. The lowest BCUT2D eigenvalue weighted by atomic mass is 10.1. The molecule has 0 unspecified atom stereocenters. The average molecular weight is 338 g/mol. The Morgan fingerprint density at radius 3 is 2.65 bits per heavy atom. The van der Waals surface area contributed by atoms with E-state index < -0.39 is 0 Å². The Labute approximate surface area is 140 Å². The van der Waals surface area contributed by atoms with E-state index >= 15 is 0 Å². The molecule has 126 valence electrons. The Morgan fingerprint density at radius 1 is 1.26 bits per heavy atom. The van der Waals surface area contributed by atoms with Crippen LogP contribution in [-0.2, 0) is 4.74 Å². The molecular formula is C16H22N2O4S. The molecule has 0 spiro atoms. The van der Waals surface area contributed by atoms with Crippen molar-refractivity contribution in [3.8, 4) is 11.5 Å². The summed E-state index contributed by atoms with van der Waals surface area (Å²) in [6, 6.07) is 3.46. The Bertz CT molecular complexity index is 575. The summed E-state index contributed by atoms with van der Waals surface area (Å²) in [4.78, 5) is 13.2. The van der Waals surface area contributed by atoms with Crippen LogP contribution in [0.25, 0.3) is 0 Å². The van der Waals surface area contributed by atoms with Gasteiger partial charge in [-0.15, -0.1) is 11.8 Å². The number of hydrogen-bond acceptors (Lipinski definition) is 5. The second-order valence-corrected chi connectivity index (χ2v) is 6.48. The molecular weight excluding hydrogens is 316 g/mol. The first-order valence-corrected chi connectivity index (χ1v) is 9.06. The Balaban J connectivity index is 1.67. The summed E-state index contributed by atoms with van der Waals surface area (Å²) in [5.41, 5.74) is 0.721. The van der Waals surface area contributed by atoms with Crippen molar-refractivity contribution in [3.05, 3.63) is 12.1 Å². The van der Waals surface area contributed by atoms with Crippen LogP contribution in [0.4, 0.5) is 10.5 Å². The molecule has 2 aliphatic heterocycles. The van der Waals surface area contributed by atoms with Crippen LogP contribution in [-0.4, -0.2) is 44.3 Å². The molecule has 2 heterocycles. The molecule has 1 aromatic rings. The van der Waals surface area contributed by atoms with Gasteiger partial charge in [0.15, 0.2) is 11.5 Å². The average Bonchev–Trinajstić information content (AvgIpc) is 3.08. The smallest absolute Gasteiger partial charge is 0.319 e. The van der Waals surface area contributed by atoms with E-state index in [1.807, 2.05) is 25.3 Å². The molecule has 1 aromatic carbocycles. The van der Waals surface area contributed by atoms with Crippen molar-refractivity contribution in [1.29, 1.82) is 0 Å². The summed E-state index contributed by atoms with van der Waals surface area (Å²) in [6.07, 6.45) is 4.10. The maximum absolute atomic E-state index is 12.3. The predicted octanol–water partition coefficient (Wildman–Crippen LogP) is 2.87. The van der Waals surface area contributed by atoms with Crippen LogP contribution < -0.4 is 20.1 Å². The number of carbonyl (C=O) groups excluding carboxylic acids is 1. The van der Waals surface area contributed by atoms with Crippen molar-refractivity contribution in [2.24, 2.45) is 0 Å². The van der Waals surface area contributed by atoms with E-state index in [1.54, 1.807) is 11.8 Å². The second kappa shape index (κ2) is 7.31. The monoisotopic (exact) mass is 338 g/mol. The molecule has 2 atom stereocenters. The number of fused-ring (bicyclic) bond motifs is 1. The quantitative estimate of drug-likeness (QED) is 0.826. The first-order chi connectivity index (χ1) is 11.2. The number of amides is 2. The minimum Gasteiger partial charge on any atom is -0.486 e. The normalized spacial score (nSPS) is 20.9. The fourth-order valence-corrected chi connectivity index (χ4v) is 3.35. The lowest BCUT2D eigenvalue weighted by Gasteiger charge is -2.22. The molecule has 2 amide bonds. The first-order valence-electron chi connectivity index (χ1n) is 7.84. The van der Waals surface area contributed by atoms with Crippen LogP contribution in [0.1, 0.15) is 19.8 Å². The van der Waals surface area contributed by atoms with E-state index in [9.17, 15) is 4.79 Å². The van der Waals surface area contributed by atoms with E-state index in [2.05, 4.69) is 10.6 Å². The van der Waals surface area contributed by atoms with Crippen molar-refractivity contribution in [3.63, 3.8) is 0 Å². The summed E-state index contributed by atoms with van der Waals surface area (Å²) in [5, 5.41) is 5.85. The van der Waals surface area contributed by atoms with E-state index in [0.717, 1.165) is 35.8 Å². The Kier molecular flexibility index (Phi) is 5.17. The number of carbonyl (C=O) groups is 1. The third-order valence-corrected chi connectivity index (χ3v) is 4.77. The summed E-state index contributed by atoms with van der Waals surface area (Å²) >= 11 is 1.55. The van der Waals surface area contributed by atoms with Gasteiger partial charge in [-0.05, 0) is 32.1 Å². The van der Waals surface area contributed by atoms with Gasteiger partial charge in [0, 0.05) is 17.6 Å². The van der Waals surface area contributed by atoms with Gasteiger partial charge in [0.25, 0.3) is 0 Å². The first kappa shape index (κ1) is 16.3. The second-order valence-electron chi connectivity index (χ2n) is 5.63. The van der Waals surface area contributed by atoms with Crippen molar-refractivity contribution in [2.45, 2.75) is 36.8 Å². The van der Waals surface area contributed by atoms with Gasteiger partial charge < -0.3 is 24.8 Å². The fourth-order valence-electron chi connectivity index (χ4n) is 2.79. The molecule has 2 N–H and O–H groups in total. The van der Waals surface area contributed by atoms with Crippen molar-refractivity contribution < 1.29 is 19.0 Å². The molecule has 23 heavy (non-hydrogen) atoms. The molecule has 7 heteroatoms. The number of rotatable bonds is 4. The fraction of sp³-hybridized carbons (Fsp3) is 0.562. The number of nitrogens with one attached hydrogen (secondary N) is 2. The number of urea groups is 1. The molecule has 1 saturated heterocycles. The topological polar surface area (TPSA) is 68.8 Å². The van der Waals surface area contributed by atoms with E-state index in [1.165, 1.54) is 0 Å². The van der Waals surface area contributed by atoms with Gasteiger partial charge in [-0.1, -0.05) is 0 Å². The van der Waals surface area contributed by atoms with Gasteiger partial charge in [-0.25, -0.2) is 4.79 Å². The van der Waals surface area contributed by atoms with Gasteiger partial charge in [0.05, 0.1) is 17.8 Å². The minimum absolute atomic E-state index is 0.0209. The Hall–Kier alpha value is -1.60. The predicted molar refractivity (Wildman–Crippen MR) is 89.8 cm³/mol. The largest absolute Gasteiger partial charge is 0.486 e. The zero-order valence-corrected chi connectivity index (χ0v) is 14.2. The molecule has 6 nitrogen and oxygen atoms in total. The molecule has 3 rings (SSSR count). The summed E-state index contributed by atoms with van der Waals surface area (Å²) in [5.74, 6) is 1.39. The number of anilines is 1. The van der Waals surface area contributed by atoms with Crippen molar-refractivity contribution in [1.82, 2.24) is 5.32 Å². The molecule has 0 radical (unpaired) electrons. The van der Waals surface area contributed by atoms with E-state index in [4.69, 9.17) is 14.2 Å². The highest BCUT2D eigenvalue weighted by Gasteiger charge is 2.24. The summed E-state index contributed by atoms with van der Waals surface area (Å²) in [7, 11) is 0. The van der Waals surface area contributed by atoms with Crippen molar-refractivity contribution >= 4 is 23.5 Å². The van der Waals surface area contributed by atoms with Gasteiger partial charge in [-0.2, -0.15) is 0 Å². The lowest BCUT2D eigenvalue weighted by molar-refractivity contribution is 0.0868. The van der Waals surface area contributed by atoms with Crippen molar-refractivity contribution in [2.75, 3.05) is 31.4 Å². The zero-order chi connectivity index (χ0) is 16.2. The zero-order valence-electron chi connectivity index (χ0n) is 13.4. The Morgan fingerprint density at radius 2 is 2.00 bits per heavy atom. The third kappa shape index (κ3) is 3.84. The highest BCUT2D eigenvalue weighted by molar-refractivity contribution is 7.98. The van der Waals surface area contributed by atoms with Crippen LogP contribution in [0.5, 0.6) is 11.5 Å². The summed E-state index contributed by atoms with van der Waals surface area (Å²) < 4.78 is 16.8. The minimum atomic E-state index is -0.236. The molecule has 0 saturated carbocycles. The molecule has 0 bridgehead atoms. The highest BCUT2D eigenvalue weighted by Crippen LogP contribution is 2.39. The van der Waals surface area contributed by atoms with Crippen LogP contribution in [0.15, 0.2) is 17.0 Å². The maximum atomic E-state index is 12.3. The van der Waals surface area contributed by atoms with E-state index in [-0.39, 0.29) is 18.2 Å². The van der Waals surface area contributed by atoms with Crippen LogP contribution in [0, 0.1) is 0 Å². The third-order valence-electron chi connectivity index (χ3n) is 3.99. The number of ether oxygens (including phenoxy) is 3. The molecule has 1 fully saturated rings. The molecule has 2 aliphatic rings. The van der Waals surface area contributed by atoms with Gasteiger partial charge in [0.1, 0.15) is 13.2 Å². The van der Waals surface area contributed by atoms with Gasteiger partial charge in [-0.3, -0.25) is 0 Å². The number of thioether (sulfide) groups is 1. The van der Waals surface area contributed by atoms with Crippen LogP contribution >= 0.6 is 11.8 Å². The van der Waals surface area contributed by atoms with Crippen LogP contribution in [0.2, 0.25) is 0 Å². The molecule has 0 aromatic heterocycles. The van der Waals surface area contributed by atoms with E-state index in [0.29, 0.717) is 19.0 Å². The standard InChI is InChI=1S/C16H22N2O4S/c1-10(12-4-3-5-20-12)17-16(19)18-11-8-13-14(9-15(11)23-2)22-7-6-21-13/h8-10,12H,3-7H2,1-2H3,(H2,17,18,19)/t10-,12+/m0/s1. The lowest BCUT2D eigenvalue weighted by Crippen LogP contribution is -2.43. The number of benzene rings is 1.